The summed E-state index contributed by atoms with van der Waals surface area (Å²) in [6, 6.07) is 4.78. The number of aryl methyl sites for hydroxylation is 1. The van der Waals surface area contributed by atoms with Crippen LogP contribution in [0.25, 0.3) is 0 Å². The zero-order valence-corrected chi connectivity index (χ0v) is 12.4. The van der Waals surface area contributed by atoms with Gasteiger partial charge in [0.15, 0.2) is 6.10 Å². The number of anilines is 1. The average Bonchev–Trinajstić information content (AvgIpc) is 2.42. The molecule has 0 spiro atoms. The molecule has 0 aliphatic carbocycles. The van der Waals surface area contributed by atoms with Crippen LogP contribution in [0.3, 0.4) is 0 Å². The molecule has 6 nitrogen and oxygen atoms in total. The third-order valence-electron chi connectivity index (χ3n) is 3.11. The van der Waals surface area contributed by atoms with Crippen LogP contribution in [0.5, 0.6) is 0 Å². The number of hydrogen-bond donors (Lipinski definition) is 1. The Morgan fingerprint density at radius 1 is 1.55 bits per heavy atom. The summed E-state index contributed by atoms with van der Waals surface area (Å²) in [5, 5.41) is 8.96. The van der Waals surface area contributed by atoms with Gasteiger partial charge in [-0.2, -0.15) is 9.57 Å². The molecule has 2 N–H and O–H groups in total. The highest BCUT2D eigenvalue weighted by atomic mass is 35.5. The fourth-order valence-electron chi connectivity index (χ4n) is 1.93. The second-order valence-corrected chi connectivity index (χ2v) is 6.80. The molecular weight excluding hydrogens is 302 g/mol. The lowest BCUT2D eigenvalue weighted by atomic mass is 10.2. The van der Waals surface area contributed by atoms with Crippen LogP contribution in [0.1, 0.15) is 5.56 Å². The molecule has 8 heteroatoms. The lowest BCUT2D eigenvalue weighted by Gasteiger charge is -2.29. The summed E-state index contributed by atoms with van der Waals surface area (Å²) in [4.78, 5) is -0.0409. The van der Waals surface area contributed by atoms with Crippen molar-refractivity contribution in [2.24, 2.45) is 0 Å². The fourth-order valence-corrected chi connectivity index (χ4v) is 3.94. The van der Waals surface area contributed by atoms with E-state index in [0.717, 1.165) is 0 Å². The van der Waals surface area contributed by atoms with Crippen LogP contribution in [0, 0.1) is 18.3 Å². The number of halogens is 1. The number of rotatable bonds is 2. The highest BCUT2D eigenvalue weighted by molar-refractivity contribution is 7.89. The van der Waals surface area contributed by atoms with Crippen molar-refractivity contribution in [3.05, 3.63) is 22.7 Å². The molecule has 1 heterocycles. The molecule has 2 rings (SSSR count). The van der Waals surface area contributed by atoms with Crippen LogP contribution in [0.4, 0.5) is 5.69 Å². The Hall–Kier alpha value is -1.33. The first kappa shape index (κ1) is 15.1. The summed E-state index contributed by atoms with van der Waals surface area (Å²) in [6.45, 7) is 2.10. The van der Waals surface area contributed by atoms with Gasteiger partial charge < -0.3 is 10.5 Å². The Balaban J connectivity index is 2.40. The lowest BCUT2D eigenvalue weighted by Crippen LogP contribution is -2.45. The first-order valence-electron chi connectivity index (χ1n) is 5.93. The topological polar surface area (TPSA) is 96.4 Å². The van der Waals surface area contributed by atoms with Gasteiger partial charge in [-0.25, -0.2) is 8.42 Å². The van der Waals surface area contributed by atoms with Gasteiger partial charge in [-0.05, 0) is 24.6 Å². The Labute approximate surface area is 122 Å². The number of sulfonamides is 1. The maximum atomic E-state index is 12.6. The maximum absolute atomic E-state index is 12.6. The SMILES string of the molecule is Cc1cc(Cl)c(S(=O)(=O)N2CCOC(C#N)C2)cc1N. The van der Waals surface area contributed by atoms with Gasteiger partial charge in [0.2, 0.25) is 10.0 Å². The van der Waals surface area contributed by atoms with E-state index in [4.69, 9.17) is 27.3 Å². The second-order valence-electron chi connectivity index (χ2n) is 4.49. The molecule has 1 aromatic rings. The van der Waals surface area contributed by atoms with Gasteiger partial charge in [0.1, 0.15) is 4.90 Å². The Bertz CT molecular complexity index is 669. The van der Waals surface area contributed by atoms with Gasteiger partial charge in [0.05, 0.1) is 24.2 Å². The van der Waals surface area contributed by atoms with Crippen LogP contribution in [-0.4, -0.2) is 38.5 Å². The Morgan fingerprint density at radius 2 is 2.25 bits per heavy atom. The molecule has 1 atom stereocenters. The number of hydrogen-bond acceptors (Lipinski definition) is 5. The average molecular weight is 316 g/mol. The normalized spacial score (nSPS) is 20.6. The van der Waals surface area contributed by atoms with Gasteiger partial charge in [-0.1, -0.05) is 11.6 Å². The number of nitrogen functional groups attached to an aromatic ring is 1. The van der Waals surface area contributed by atoms with E-state index < -0.39 is 16.1 Å². The summed E-state index contributed by atoms with van der Waals surface area (Å²) in [5.41, 5.74) is 6.82. The van der Waals surface area contributed by atoms with E-state index in [1.165, 1.54) is 16.4 Å². The third-order valence-corrected chi connectivity index (χ3v) is 5.44. The molecule has 0 amide bonds. The minimum absolute atomic E-state index is 0.0110. The van der Waals surface area contributed by atoms with Gasteiger partial charge in [0, 0.05) is 12.2 Å². The molecule has 1 fully saturated rings. The minimum atomic E-state index is -3.78. The van der Waals surface area contributed by atoms with Crippen molar-refractivity contribution in [2.75, 3.05) is 25.4 Å². The molecule has 0 aromatic heterocycles. The number of nitriles is 1. The van der Waals surface area contributed by atoms with Crippen molar-refractivity contribution >= 4 is 27.3 Å². The van der Waals surface area contributed by atoms with E-state index in [-0.39, 0.29) is 29.6 Å². The number of nitrogens with two attached hydrogens (primary N) is 1. The minimum Gasteiger partial charge on any atom is -0.398 e. The monoisotopic (exact) mass is 315 g/mol. The lowest BCUT2D eigenvalue weighted by molar-refractivity contribution is 0.0311. The van der Waals surface area contributed by atoms with E-state index in [0.29, 0.717) is 11.3 Å². The van der Waals surface area contributed by atoms with E-state index >= 15 is 0 Å². The second kappa shape index (κ2) is 5.58. The molecule has 1 saturated heterocycles. The number of morpholine rings is 1. The predicted molar refractivity (Wildman–Crippen MR) is 74.7 cm³/mol. The molecule has 0 radical (unpaired) electrons. The summed E-state index contributed by atoms with van der Waals surface area (Å²) in [7, 11) is -3.78. The molecule has 108 valence electrons. The van der Waals surface area contributed by atoms with Crippen molar-refractivity contribution in [3.63, 3.8) is 0 Å². The molecule has 20 heavy (non-hydrogen) atoms. The molecule has 1 aromatic carbocycles. The smallest absolute Gasteiger partial charge is 0.244 e. The summed E-state index contributed by atoms with van der Waals surface area (Å²) < 4.78 is 31.4. The van der Waals surface area contributed by atoms with Gasteiger partial charge in [0.25, 0.3) is 0 Å². The van der Waals surface area contributed by atoms with Gasteiger partial charge in [-0.15, -0.1) is 0 Å². The van der Waals surface area contributed by atoms with Crippen LogP contribution in [0.15, 0.2) is 17.0 Å². The first-order chi connectivity index (χ1) is 9.36. The largest absolute Gasteiger partial charge is 0.398 e. The molecule has 1 aliphatic rings. The highest BCUT2D eigenvalue weighted by Gasteiger charge is 2.32. The van der Waals surface area contributed by atoms with Crippen molar-refractivity contribution in [1.29, 1.82) is 5.26 Å². The zero-order valence-electron chi connectivity index (χ0n) is 10.8. The van der Waals surface area contributed by atoms with Gasteiger partial charge in [-0.3, -0.25) is 0 Å². The fraction of sp³-hybridized carbons (Fsp3) is 0.417. The van der Waals surface area contributed by atoms with E-state index in [1.54, 1.807) is 6.92 Å². The predicted octanol–water partition coefficient (Wildman–Crippen LogP) is 1.14. The van der Waals surface area contributed by atoms with Crippen molar-refractivity contribution in [1.82, 2.24) is 4.31 Å². The number of ether oxygens (including phenoxy) is 1. The van der Waals surface area contributed by atoms with Crippen LogP contribution in [0.2, 0.25) is 5.02 Å². The Morgan fingerprint density at radius 3 is 2.90 bits per heavy atom. The summed E-state index contributed by atoms with van der Waals surface area (Å²) in [5.74, 6) is 0. The van der Waals surface area contributed by atoms with Crippen LogP contribution in [-0.2, 0) is 14.8 Å². The maximum Gasteiger partial charge on any atom is 0.244 e. The van der Waals surface area contributed by atoms with Crippen LogP contribution < -0.4 is 5.73 Å². The molecule has 0 saturated carbocycles. The van der Waals surface area contributed by atoms with Crippen LogP contribution >= 0.6 is 11.6 Å². The van der Waals surface area contributed by atoms with Crippen molar-refractivity contribution < 1.29 is 13.2 Å². The first-order valence-corrected chi connectivity index (χ1v) is 7.75. The number of benzene rings is 1. The zero-order chi connectivity index (χ0) is 14.9. The molecule has 0 bridgehead atoms. The molecule has 1 aliphatic heterocycles. The highest BCUT2D eigenvalue weighted by Crippen LogP contribution is 2.29. The van der Waals surface area contributed by atoms with E-state index in [2.05, 4.69) is 0 Å². The van der Waals surface area contributed by atoms with E-state index in [9.17, 15) is 8.42 Å². The van der Waals surface area contributed by atoms with Crippen molar-refractivity contribution in [3.8, 4) is 6.07 Å². The summed E-state index contributed by atoms with van der Waals surface area (Å²) >= 11 is 6.02. The van der Waals surface area contributed by atoms with E-state index in [1.807, 2.05) is 6.07 Å². The third kappa shape index (κ3) is 2.74. The molecule has 1 unspecified atom stereocenters. The molecular formula is C12H14ClN3O3S. The van der Waals surface area contributed by atoms with Crippen molar-refractivity contribution in [2.45, 2.75) is 17.9 Å². The van der Waals surface area contributed by atoms with Gasteiger partial charge >= 0.3 is 0 Å². The quantitative estimate of drug-likeness (QED) is 0.826. The number of nitrogens with zero attached hydrogens (tertiary/aromatic N) is 2. The Kier molecular flexibility index (Phi) is 4.20. The summed E-state index contributed by atoms with van der Waals surface area (Å²) in [6.07, 6.45) is -0.764. The standard InChI is InChI=1S/C12H14ClN3O3S/c1-8-4-10(13)12(5-11(8)15)20(17,18)16-2-3-19-9(6-14)7-16/h4-5,9H,2-3,7,15H2,1H3.